The standard InChI is InChI=1S/C15H15ClN2O2/c1-9-3-4-10(7-14(9)20-2)15(19)18-11-5-6-12(16)13(17)8-11/h3-8H,17H2,1-2H3,(H,18,19). The lowest BCUT2D eigenvalue weighted by molar-refractivity contribution is 0.102. The molecule has 0 radical (unpaired) electrons. The minimum Gasteiger partial charge on any atom is -0.496 e. The number of amides is 1. The van der Waals surface area contributed by atoms with E-state index in [-0.39, 0.29) is 5.91 Å². The van der Waals surface area contributed by atoms with Gasteiger partial charge in [0.1, 0.15) is 5.75 Å². The number of ether oxygens (including phenoxy) is 1. The van der Waals surface area contributed by atoms with Gasteiger partial charge in [-0.15, -0.1) is 0 Å². The van der Waals surface area contributed by atoms with Crippen molar-refractivity contribution in [2.75, 3.05) is 18.2 Å². The van der Waals surface area contributed by atoms with Gasteiger partial charge in [0.05, 0.1) is 17.8 Å². The number of aryl methyl sites for hydroxylation is 1. The fourth-order valence-corrected chi connectivity index (χ4v) is 1.90. The molecule has 0 aliphatic rings. The van der Waals surface area contributed by atoms with E-state index in [1.54, 1.807) is 37.4 Å². The van der Waals surface area contributed by atoms with Crippen LogP contribution in [0.4, 0.5) is 11.4 Å². The number of nitrogens with one attached hydrogen (secondary N) is 1. The zero-order valence-electron chi connectivity index (χ0n) is 11.2. The van der Waals surface area contributed by atoms with Crippen molar-refractivity contribution in [2.24, 2.45) is 0 Å². The number of halogens is 1. The van der Waals surface area contributed by atoms with E-state index in [1.165, 1.54) is 0 Å². The van der Waals surface area contributed by atoms with Gasteiger partial charge in [-0.25, -0.2) is 0 Å². The van der Waals surface area contributed by atoms with Gasteiger partial charge >= 0.3 is 0 Å². The number of rotatable bonds is 3. The van der Waals surface area contributed by atoms with Crippen molar-refractivity contribution >= 4 is 28.9 Å². The Morgan fingerprint density at radius 2 is 2.00 bits per heavy atom. The van der Waals surface area contributed by atoms with Gasteiger partial charge in [-0.2, -0.15) is 0 Å². The first-order chi connectivity index (χ1) is 9.51. The maximum Gasteiger partial charge on any atom is 0.255 e. The zero-order chi connectivity index (χ0) is 14.7. The zero-order valence-corrected chi connectivity index (χ0v) is 12.0. The van der Waals surface area contributed by atoms with Crippen LogP contribution in [0.2, 0.25) is 5.02 Å². The Morgan fingerprint density at radius 1 is 1.25 bits per heavy atom. The third-order valence-corrected chi connectivity index (χ3v) is 3.27. The first-order valence-corrected chi connectivity index (χ1v) is 6.40. The summed E-state index contributed by atoms with van der Waals surface area (Å²) >= 11 is 5.84. The summed E-state index contributed by atoms with van der Waals surface area (Å²) < 4.78 is 5.20. The molecule has 3 N–H and O–H groups in total. The van der Waals surface area contributed by atoms with Crippen LogP contribution in [0.25, 0.3) is 0 Å². The molecule has 0 saturated heterocycles. The summed E-state index contributed by atoms with van der Waals surface area (Å²) in [5, 5.41) is 3.22. The molecule has 2 aromatic carbocycles. The molecular weight excluding hydrogens is 276 g/mol. The van der Waals surface area contributed by atoms with Gasteiger partial charge in [-0.05, 0) is 42.8 Å². The van der Waals surface area contributed by atoms with E-state index in [1.807, 2.05) is 13.0 Å². The molecule has 0 heterocycles. The summed E-state index contributed by atoms with van der Waals surface area (Å²) in [7, 11) is 1.57. The highest BCUT2D eigenvalue weighted by molar-refractivity contribution is 6.33. The number of carbonyl (C=O) groups is 1. The quantitative estimate of drug-likeness (QED) is 0.851. The molecule has 2 rings (SSSR count). The number of methoxy groups -OCH3 is 1. The van der Waals surface area contributed by atoms with Gasteiger partial charge in [0, 0.05) is 11.3 Å². The van der Waals surface area contributed by atoms with Crippen LogP contribution in [-0.2, 0) is 0 Å². The molecule has 1 amide bonds. The van der Waals surface area contributed by atoms with Gasteiger partial charge in [0.2, 0.25) is 0 Å². The Bertz CT molecular complexity index is 656. The average molecular weight is 291 g/mol. The molecular formula is C15H15ClN2O2. The molecule has 0 unspecified atom stereocenters. The third-order valence-electron chi connectivity index (χ3n) is 2.92. The summed E-state index contributed by atoms with van der Waals surface area (Å²) in [5.41, 5.74) is 8.20. The Labute approximate surface area is 122 Å². The van der Waals surface area contributed by atoms with Crippen molar-refractivity contribution in [1.82, 2.24) is 0 Å². The minimum atomic E-state index is -0.231. The largest absolute Gasteiger partial charge is 0.496 e. The lowest BCUT2D eigenvalue weighted by atomic mass is 10.1. The average Bonchev–Trinajstić information content (AvgIpc) is 2.43. The second-order valence-corrected chi connectivity index (χ2v) is 4.78. The van der Waals surface area contributed by atoms with E-state index >= 15 is 0 Å². The Kier molecular flexibility index (Phi) is 4.15. The monoisotopic (exact) mass is 290 g/mol. The SMILES string of the molecule is COc1cc(C(=O)Nc2ccc(Cl)c(N)c2)ccc1C. The predicted molar refractivity (Wildman–Crippen MR) is 81.5 cm³/mol. The molecule has 0 saturated carbocycles. The number of benzene rings is 2. The number of hydrogen-bond donors (Lipinski definition) is 2. The summed E-state index contributed by atoms with van der Waals surface area (Å²) in [6, 6.07) is 10.2. The van der Waals surface area contributed by atoms with Crippen molar-refractivity contribution in [1.29, 1.82) is 0 Å². The lowest BCUT2D eigenvalue weighted by Gasteiger charge is -2.09. The van der Waals surface area contributed by atoms with Crippen LogP contribution in [0, 0.1) is 6.92 Å². The number of anilines is 2. The molecule has 20 heavy (non-hydrogen) atoms. The van der Waals surface area contributed by atoms with E-state index in [2.05, 4.69) is 5.32 Å². The summed E-state index contributed by atoms with van der Waals surface area (Å²) in [5.74, 6) is 0.443. The van der Waals surface area contributed by atoms with Gasteiger partial charge < -0.3 is 15.8 Å². The normalized spacial score (nSPS) is 10.2. The first-order valence-electron chi connectivity index (χ1n) is 6.02. The Hall–Kier alpha value is -2.20. The fourth-order valence-electron chi connectivity index (χ4n) is 1.79. The predicted octanol–water partition coefficient (Wildman–Crippen LogP) is 3.49. The fraction of sp³-hybridized carbons (Fsp3) is 0.133. The topological polar surface area (TPSA) is 64.3 Å². The van der Waals surface area contributed by atoms with Crippen molar-refractivity contribution in [2.45, 2.75) is 6.92 Å². The molecule has 0 spiro atoms. The number of nitrogens with two attached hydrogens (primary N) is 1. The Morgan fingerprint density at radius 3 is 2.65 bits per heavy atom. The molecule has 0 fully saturated rings. The van der Waals surface area contributed by atoms with E-state index in [0.717, 1.165) is 5.56 Å². The molecule has 2 aromatic rings. The van der Waals surface area contributed by atoms with Crippen molar-refractivity contribution < 1.29 is 9.53 Å². The highest BCUT2D eigenvalue weighted by Crippen LogP contribution is 2.24. The highest BCUT2D eigenvalue weighted by atomic mass is 35.5. The maximum absolute atomic E-state index is 12.1. The van der Waals surface area contributed by atoms with Gasteiger partial charge in [0.25, 0.3) is 5.91 Å². The van der Waals surface area contributed by atoms with Gasteiger partial charge in [0.15, 0.2) is 0 Å². The van der Waals surface area contributed by atoms with Gasteiger partial charge in [-0.1, -0.05) is 17.7 Å². The first kappa shape index (κ1) is 14.2. The smallest absolute Gasteiger partial charge is 0.255 e. The van der Waals surface area contributed by atoms with Crippen LogP contribution < -0.4 is 15.8 Å². The molecule has 0 aliphatic heterocycles. The number of nitrogen functional groups attached to an aromatic ring is 1. The minimum absolute atomic E-state index is 0.231. The summed E-state index contributed by atoms with van der Waals surface area (Å²) in [6.45, 7) is 1.92. The van der Waals surface area contributed by atoms with Crippen molar-refractivity contribution in [3.05, 3.63) is 52.5 Å². The molecule has 0 bridgehead atoms. The molecule has 0 aromatic heterocycles. The maximum atomic E-state index is 12.1. The summed E-state index contributed by atoms with van der Waals surface area (Å²) in [4.78, 5) is 12.1. The van der Waals surface area contributed by atoms with E-state index in [4.69, 9.17) is 22.1 Å². The third kappa shape index (κ3) is 3.03. The lowest BCUT2D eigenvalue weighted by Crippen LogP contribution is -2.12. The van der Waals surface area contributed by atoms with Crippen LogP contribution in [-0.4, -0.2) is 13.0 Å². The van der Waals surface area contributed by atoms with Crippen molar-refractivity contribution in [3.63, 3.8) is 0 Å². The number of hydrogen-bond acceptors (Lipinski definition) is 3. The molecule has 4 nitrogen and oxygen atoms in total. The molecule has 0 atom stereocenters. The second-order valence-electron chi connectivity index (χ2n) is 4.37. The molecule has 104 valence electrons. The van der Waals surface area contributed by atoms with Crippen LogP contribution in [0.5, 0.6) is 5.75 Å². The van der Waals surface area contributed by atoms with Crippen LogP contribution in [0.3, 0.4) is 0 Å². The second kappa shape index (κ2) is 5.84. The molecule has 0 aliphatic carbocycles. The van der Waals surface area contributed by atoms with E-state index in [9.17, 15) is 4.79 Å². The highest BCUT2D eigenvalue weighted by Gasteiger charge is 2.09. The van der Waals surface area contributed by atoms with E-state index < -0.39 is 0 Å². The Balaban J connectivity index is 2.21. The molecule has 5 heteroatoms. The van der Waals surface area contributed by atoms with Crippen LogP contribution >= 0.6 is 11.6 Å². The van der Waals surface area contributed by atoms with Crippen LogP contribution in [0.15, 0.2) is 36.4 Å². The van der Waals surface area contributed by atoms with Gasteiger partial charge in [-0.3, -0.25) is 4.79 Å². The van der Waals surface area contributed by atoms with Crippen molar-refractivity contribution in [3.8, 4) is 5.75 Å². The van der Waals surface area contributed by atoms with E-state index in [0.29, 0.717) is 27.7 Å². The summed E-state index contributed by atoms with van der Waals surface area (Å²) in [6.07, 6.45) is 0. The van der Waals surface area contributed by atoms with Crippen LogP contribution in [0.1, 0.15) is 15.9 Å². The number of carbonyl (C=O) groups excluding carboxylic acids is 1.